The molecule has 1 unspecified atom stereocenters. The zero-order valence-electron chi connectivity index (χ0n) is 13.5. The van der Waals surface area contributed by atoms with Gasteiger partial charge in [-0.05, 0) is 29.7 Å². The van der Waals surface area contributed by atoms with Gasteiger partial charge >= 0.3 is 0 Å². The van der Waals surface area contributed by atoms with Gasteiger partial charge in [-0.15, -0.1) is 0 Å². The van der Waals surface area contributed by atoms with Crippen LogP contribution in [0.15, 0.2) is 34.7 Å². The third kappa shape index (κ3) is 3.24. The molecule has 0 saturated heterocycles. The largest absolute Gasteiger partial charge is 0.488 e. The minimum absolute atomic E-state index is 0.00919. The zero-order valence-corrected chi connectivity index (χ0v) is 13.5. The van der Waals surface area contributed by atoms with E-state index < -0.39 is 0 Å². The first-order valence-corrected chi connectivity index (χ1v) is 7.95. The van der Waals surface area contributed by atoms with Gasteiger partial charge in [0.2, 0.25) is 0 Å². The van der Waals surface area contributed by atoms with Gasteiger partial charge in [-0.3, -0.25) is 4.79 Å². The number of hydrogen-bond acceptors (Lipinski definition) is 4. The van der Waals surface area contributed by atoms with E-state index in [1.807, 2.05) is 32.0 Å². The second-order valence-corrected chi connectivity index (χ2v) is 6.24. The Labute approximate surface area is 135 Å². The Morgan fingerprint density at radius 3 is 2.91 bits per heavy atom. The van der Waals surface area contributed by atoms with Crippen LogP contribution in [0, 0.1) is 5.92 Å². The molecular formula is C18H22N2O3. The van der Waals surface area contributed by atoms with Gasteiger partial charge in [-0.25, -0.2) is 0 Å². The van der Waals surface area contributed by atoms with Crippen molar-refractivity contribution in [1.82, 2.24) is 5.32 Å². The van der Waals surface area contributed by atoms with Gasteiger partial charge in [0, 0.05) is 19.5 Å². The molecule has 23 heavy (non-hydrogen) atoms. The van der Waals surface area contributed by atoms with Crippen molar-refractivity contribution in [2.24, 2.45) is 11.7 Å². The van der Waals surface area contributed by atoms with Crippen molar-refractivity contribution in [3.63, 3.8) is 0 Å². The molecule has 0 fully saturated rings. The summed E-state index contributed by atoms with van der Waals surface area (Å²) in [6.45, 7) is 5.20. The number of rotatable bonds is 5. The van der Waals surface area contributed by atoms with Crippen molar-refractivity contribution >= 4 is 5.91 Å². The molecule has 0 spiro atoms. The number of benzene rings is 1. The molecule has 0 aliphatic carbocycles. The third-order valence-electron chi connectivity index (χ3n) is 3.86. The van der Waals surface area contributed by atoms with Crippen molar-refractivity contribution in [1.29, 1.82) is 0 Å². The lowest BCUT2D eigenvalue weighted by atomic mass is 10.1. The molecule has 3 rings (SSSR count). The van der Waals surface area contributed by atoms with Gasteiger partial charge in [0.15, 0.2) is 5.76 Å². The first-order valence-electron chi connectivity index (χ1n) is 7.95. The Kier molecular flexibility index (Phi) is 4.39. The fourth-order valence-electron chi connectivity index (χ4n) is 2.65. The number of ether oxygens (including phenoxy) is 1. The van der Waals surface area contributed by atoms with Gasteiger partial charge in [-0.1, -0.05) is 26.0 Å². The minimum Gasteiger partial charge on any atom is -0.488 e. The number of para-hydroxylation sites is 1. The monoisotopic (exact) mass is 314 g/mol. The van der Waals surface area contributed by atoms with Gasteiger partial charge in [0.25, 0.3) is 5.91 Å². The lowest BCUT2D eigenvalue weighted by Gasteiger charge is -2.09. The molecule has 1 aliphatic rings. The number of carbonyl (C=O) groups is 1. The molecule has 0 bridgehead atoms. The van der Waals surface area contributed by atoms with Crippen molar-refractivity contribution in [3.05, 3.63) is 41.7 Å². The van der Waals surface area contributed by atoms with Crippen LogP contribution in [-0.4, -0.2) is 25.1 Å². The smallest absolute Gasteiger partial charge is 0.287 e. The molecule has 1 aromatic heterocycles. The lowest BCUT2D eigenvalue weighted by molar-refractivity contribution is 0.0922. The molecule has 1 amide bonds. The second kappa shape index (κ2) is 6.46. The number of hydrogen-bond donors (Lipinski definition) is 2. The number of furan rings is 1. The summed E-state index contributed by atoms with van der Waals surface area (Å²) in [5, 5.41) is 2.85. The maximum Gasteiger partial charge on any atom is 0.287 e. The van der Waals surface area contributed by atoms with Gasteiger partial charge in [0.05, 0.1) is 5.56 Å². The van der Waals surface area contributed by atoms with Crippen molar-refractivity contribution in [3.8, 4) is 17.1 Å². The molecule has 0 saturated carbocycles. The SMILES string of the molecule is CC(C)CNC(=O)c1ccc(-c2cccc3c2OC(CN)C3)o1. The van der Waals surface area contributed by atoms with Crippen molar-refractivity contribution < 1.29 is 13.9 Å². The van der Waals surface area contributed by atoms with Crippen molar-refractivity contribution in [2.75, 3.05) is 13.1 Å². The normalized spacial score (nSPS) is 16.3. The van der Waals surface area contributed by atoms with E-state index in [4.69, 9.17) is 14.9 Å². The topological polar surface area (TPSA) is 77.5 Å². The van der Waals surface area contributed by atoms with E-state index in [2.05, 4.69) is 5.32 Å². The van der Waals surface area contributed by atoms with Gasteiger partial charge in [-0.2, -0.15) is 0 Å². The Hall–Kier alpha value is -2.27. The maximum atomic E-state index is 12.1. The predicted octanol–water partition coefficient (Wildman–Crippen LogP) is 2.59. The number of nitrogens with one attached hydrogen (secondary N) is 1. The molecule has 122 valence electrons. The summed E-state index contributed by atoms with van der Waals surface area (Å²) in [4.78, 5) is 12.1. The highest BCUT2D eigenvalue weighted by Gasteiger charge is 2.26. The van der Waals surface area contributed by atoms with Crippen LogP contribution < -0.4 is 15.8 Å². The molecule has 3 N–H and O–H groups in total. The zero-order chi connectivity index (χ0) is 16.4. The van der Waals surface area contributed by atoms with Crippen LogP contribution in [0.4, 0.5) is 0 Å². The Bertz CT molecular complexity index is 706. The molecule has 5 nitrogen and oxygen atoms in total. The van der Waals surface area contributed by atoms with E-state index >= 15 is 0 Å². The molecule has 1 aromatic carbocycles. The predicted molar refractivity (Wildman–Crippen MR) is 88.5 cm³/mol. The summed E-state index contributed by atoms with van der Waals surface area (Å²) in [6, 6.07) is 9.44. The molecule has 0 radical (unpaired) electrons. The van der Waals surface area contributed by atoms with Gasteiger partial charge in [0.1, 0.15) is 17.6 Å². The maximum absolute atomic E-state index is 12.1. The highest BCUT2D eigenvalue weighted by molar-refractivity contribution is 5.92. The average Bonchev–Trinajstić information content (AvgIpc) is 3.18. The third-order valence-corrected chi connectivity index (χ3v) is 3.86. The van der Waals surface area contributed by atoms with Crippen molar-refractivity contribution in [2.45, 2.75) is 26.4 Å². The van der Waals surface area contributed by atoms with Crippen LogP contribution in [0.2, 0.25) is 0 Å². The number of fused-ring (bicyclic) bond motifs is 1. The molecule has 2 aromatic rings. The van der Waals surface area contributed by atoms with Crippen LogP contribution in [0.3, 0.4) is 0 Å². The molecule has 5 heteroatoms. The fourth-order valence-corrected chi connectivity index (χ4v) is 2.65. The molecule has 1 atom stereocenters. The summed E-state index contributed by atoms with van der Waals surface area (Å²) < 4.78 is 11.6. The van der Waals surface area contributed by atoms with E-state index in [9.17, 15) is 4.79 Å². The average molecular weight is 314 g/mol. The lowest BCUT2D eigenvalue weighted by Crippen LogP contribution is -2.26. The summed E-state index contributed by atoms with van der Waals surface area (Å²) in [5.74, 6) is 1.96. The Balaban J connectivity index is 1.82. The first-order chi connectivity index (χ1) is 11.1. The standard InChI is InChI=1S/C18H22N2O3/c1-11(2)10-20-18(21)16-7-6-15(23-16)14-5-3-4-12-8-13(9-19)22-17(12)14/h3-7,11,13H,8-10,19H2,1-2H3,(H,20,21). The number of nitrogens with two attached hydrogens (primary N) is 1. The number of carbonyl (C=O) groups excluding carboxylic acids is 1. The van der Waals surface area contributed by atoms with E-state index in [0.717, 1.165) is 23.3 Å². The van der Waals surface area contributed by atoms with Crippen LogP contribution in [-0.2, 0) is 6.42 Å². The van der Waals surface area contributed by atoms with E-state index in [0.29, 0.717) is 30.5 Å². The highest BCUT2D eigenvalue weighted by atomic mass is 16.5. The molecular weight excluding hydrogens is 292 g/mol. The molecule has 1 aliphatic heterocycles. The summed E-state index contributed by atoms with van der Waals surface area (Å²) in [5.41, 5.74) is 7.69. The Morgan fingerprint density at radius 1 is 1.35 bits per heavy atom. The summed E-state index contributed by atoms with van der Waals surface area (Å²) >= 11 is 0. The quantitative estimate of drug-likeness (QED) is 0.889. The van der Waals surface area contributed by atoms with E-state index in [1.54, 1.807) is 12.1 Å². The highest BCUT2D eigenvalue weighted by Crippen LogP contribution is 2.39. The fraction of sp³-hybridized carbons (Fsp3) is 0.389. The van der Waals surface area contributed by atoms with Crippen LogP contribution in [0.25, 0.3) is 11.3 Å². The summed E-state index contributed by atoms with van der Waals surface area (Å²) in [6.07, 6.45) is 0.817. The van der Waals surface area contributed by atoms with E-state index in [1.165, 1.54) is 0 Å². The molecule has 2 heterocycles. The summed E-state index contributed by atoms with van der Waals surface area (Å²) in [7, 11) is 0. The number of amides is 1. The van der Waals surface area contributed by atoms with Crippen LogP contribution in [0.1, 0.15) is 30.0 Å². The van der Waals surface area contributed by atoms with Crippen LogP contribution in [0.5, 0.6) is 5.75 Å². The van der Waals surface area contributed by atoms with Gasteiger partial charge < -0.3 is 20.2 Å². The van der Waals surface area contributed by atoms with E-state index in [-0.39, 0.29) is 12.0 Å². The first kappa shape index (κ1) is 15.6. The minimum atomic E-state index is -0.196. The second-order valence-electron chi connectivity index (χ2n) is 6.24. The van der Waals surface area contributed by atoms with Crippen LogP contribution >= 0.6 is 0 Å². The Morgan fingerprint density at radius 2 is 2.17 bits per heavy atom.